The Morgan fingerprint density at radius 2 is 1.56 bits per heavy atom. The summed E-state index contributed by atoms with van der Waals surface area (Å²) in [4.78, 5) is 4.97. The highest BCUT2D eigenvalue weighted by Gasteiger charge is 2.15. The van der Waals surface area contributed by atoms with E-state index in [2.05, 4.69) is 28.0 Å². The van der Waals surface area contributed by atoms with Gasteiger partial charge in [0.15, 0.2) is 0 Å². The lowest BCUT2D eigenvalue weighted by atomic mass is 10.1. The van der Waals surface area contributed by atoms with Crippen LogP contribution in [0, 0.1) is 11.3 Å². The standard InChI is InChI=1S/C22H27N3O2/c1-26-21-7-9-22(10-8-21)27-16-15-24-11-2-12-25(14-13-24)18-20-5-3-19(17-23)4-6-20/h3-10H,2,11-16,18H2,1H3. The second kappa shape index (κ2) is 9.96. The van der Waals surface area contributed by atoms with Crippen LogP contribution in [0.3, 0.4) is 0 Å². The molecule has 0 radical (unpaired) electrons. The van der Waals surface area contributed by atoms with E-state index in [0.717, 1.165) is 56.3 Å². The number of benzene rings is 2. The van der Waals surface area contributed by atoms with Gasteiger partial charge in [0.25, 0.3) is 0 Å². The molecule has 3 rings (SSSR count). The summed E-state index contributed by atoms with van der Waals surface area (Å²) in [7, 11) is 1.67. The zero-order valence-corrected chi connectivity index (χ0v) is 15.9. The summed E-state index contributed by atoms with van der Waals surface area (Å²) in [6.45, 7) is 6.91. The Balaban J connectivity index is 1.40. The lowest BCUT2D eigenvalue weighted by Gasteiger charge is -2.22. The summed E-state index contributed by atoms with van der Waals surface area (Å²) in [5, 5.41) is 8.90. The van der Waals surface area contributed by atoms with Crippen LogP contribution in [0.1, 0.15) is 17.5 Å². The molecule has 0 saturated carbocycles. The molecular weight excluding hydrogens is 338 g/mol. The lowest BCUT2D eigenvalue weighted by Crippen LogP contribution is -2.33. The summed E-state index contributed by atoms with van der Waals surface area (Å²) in [6, 6.07) is 17.8. The molecule has 0 unspecified atom stereocenters. The molecule has 1 aliphatic rings. The molecule has 0 amide bonds. The number of methoxy groups -OCH3 is 1. The Morgan fingerprint density at radius 1 is 0.889 bits per heavy atom. The third kappa shape index (κ3) is 5.99. The molecule has 1 aliphatic heterocycles. The molecule has 2 aromatic carbocycles. The smallest absolute Gasteiger partial charge is 0.119 e. The van der Waals surface area contributed by atoms with Crippen LogP contribution in [-0.4, -0.2) is 56.2 Å². The topological polar surface area (TPSA) is 48.7 Å². The van der Waals surface area contributed by atoms with Gasteiger partial charge in [0, 0.05) is 26.2 Å². The molecule has 5 heteroatoms. The molecule has 0 N–H and O–H groups in total. The molecule has 0 bridgehead atoms. The largest absolute Gasteiger partial charge is 0.497 e. The van der Waals surface area contributed by atoms with Crippen LogP contribution in [0.25, 0.3) is 0 Å². The van der Waals surface area contributed by atoms with Gasteiger partial charge in [-0.2, -0.15) is 5.26 Å². The van der Waals surface area contributed by atoms with Crippen LogP contribution < -0.4 is 9.47 Å². The fourth-order valence-corrected chi connectivity index (χ4v) is 3.31. The second-order valence-electron chi connectivity index (χ2n) is 6.80. The van der Waals surface area contributed by atoms with Crippen LogP contribution in [0.4, 0.5) is 0 Å². The van der Waals surface area contributed by atoms with Gasteiger partial charge < -0.3 is 9.47 Å². The lowest BCUT2D eigenvalue weighted by molar-refractivity contribution is 0.207. The van der Waals surface area contributed by atoms with Crippen LogP contribution >= 0.6 is 0 Å². The molecule has 1 heterocycles. The van der Waals surface area contributed by atoms with E-state index in [1.165, 1.54) is 12.0 Å². The van der Waals surface area contributed by atoms with E-state index in [1.54, 1.807) is 7.11 Å². The summed E-state index contributed by atoms with van der Waals surface area (Å²) in [5.74, 6) is 1.73. The third-order valence-electron chi connectivity index (χ3n) is 4.91. The quantitative estimate of drug-likeness (QED) is 0.754. The predicted molar refractivity (Wildman–Crippen MR) is 106 cm³/mol. The van der Waals surface area contributed by atoms with Gasteiger partial charge in [-0.1, -0.05) is 12.1 Å². The van der Waals surface area contributed by atoms with Crippen LogP contribution in [0.15, 0.2) is 48.5 Å². The van der Waals surface area contributed by atoms with Crippen molar-refractivity contribution in [3.63, 3.8) is 0 Å². The van der Waals surface area contributed by atoms with Gasteiger partial charge in [-0.25, -0.2) is 0 Å². The van der Waals surface area contributed by atoms with Crippen molar-refractivity contribution in [2.45, 2.75) is 13.0 Å². The van der Waals surface area contributed by atoms with Crippen molar-refractivity contribution >= 4 is 0 Å². The van der Waals surface area contributed by atoms with E-state index in [-0.39, 0.29) is 0 Å². The van der Waals surface area contributed by atoms with Crippen molar-refractivity contribution in [1.29, 1.82) is 5.26 Å². The van der Waals surface area contributed by atoms with Gasteiger partial charge in [0.05, 0.1) is 18.7 Å². The first kappa shape index (κ1) is 19.2. The maximum absolute atomic E-state index is 8.90. The Labute approximate surface area is 161 Å². The zero-order chi connectivity index (χ0) is 18.9. The van der Waals surface area contributed by atoms with Gasteiger partial charge >= 0.3 is 0 Å². The molecule has 27 heavy (non-hydrogen) atoms. The van der Waals surface area contributed by atoms with Crippen LogP contribution in [-0.2, 0) is 6.54 Å². The number of nitrogens with zero attached hydrogens (tertiary/aromatic N) is 3. The Hall–Kier alpha value is -2.55. The van der Waals surface area contributed by atoms with E-state index >= 15 is 0 Å². The first-order valence-electron chi connectivity index (χ1n) is 9.47. The van der Waals surface area contributed by atoms with Gasteiger partial charge in [-0.15, -0.1) is 0 Å². The predicted octanol–water partition coefficient (Wildman–Crippen LogP) is 3.15. The van der Waals surface area contributed by atoms with Gasteiger partial charge in [-0.05, 0) is 61.5 Å². The minimum absolute atomic E-state index is 0.696. The second-order valence-corrected chi connectivity index (χ2v) is 6.80. The van der Waals surface area contributed by atoms with E-state index in [4.69, 9.17) is 14.7 Å². The fraction of sp³-hybridized carbons (Fsp3) is 0.409. The van der Waals surface area contributed by atoms with E-state index in [9.17, 15) is 0 Å². The van der Waals surface area contributed by atoms with Crippen molar-refractivity contribution in [1.82, 2.24) is 9.80 Å². The maximum atomic E-state index is 8.90. The number of rotatable bonds is 7. The molecule has 1 saturated heterocycles. The summed E-state index contributed by atoms with van der Waals surface area (Å²) >= 11 is 0. The highest BCUT2D eigenvalue weighted by atomic mass is 16.5. The molecular formula is C22H27N3O2. The van der Waals surface area contributed by atoms with Crippen molar-refractivity contribution in [2.75, 3.05) is 46.4 Å². The Bertz CT molecular complexity index is 738. The average Bonchev–Trinajstić information content (AvgIpc) is 2.94. The van der Waals surface area contributed by atoms with E-state index in [1.807, 2.05) is 36.4 Å². The molecule has 5 nitrogen and oxygen atoms in total. The van der Waals surface area contributed by atoms with E-state index in [0.29, 0.717) is 6.61 Å². The molecule has 142 valence electrons. The Kier molecular flexibility index (Phi) is 7.09. The molecule has 2 aromatic rings. The molecule has 0 atom stereocenters. The van der Waals surface area contributed by atoms with Gasteiger partial charge in [0.2, 0.25) is 0 Å². The maximum Gasteiger partial charge on any atom is 0.119 e. The van der Waals surface area contributed by atoms with Crippen LogP contribution in [0.2, 0.25) is 0 Å². The number of nitriles is 1. The average molecular weight is 365 g/mol. The third-order valence-corrected chi connectivity index (χ3v) is 4.91. The Morgan fingerprint density at radius 3 is 2.26 bits per heavy atom. The van der Waals surface area contributed by atoms with Gasteiger partial charge in [-0.3, -0.25) is 9.80 Å². The molecule has 1 fully saturated rings. The number of hydrogen-bond donors (Lipinski definition) is 0. The number of hydrogen-bond acceptors (Lipinski definition) is 5. The fourth-order valence-electron chi connectivity index (χ4n) is 3.31. The first-order chi connectivity index (χ1) is 13.3. The molecule has 0 aromatic heterocycles. The number of ether oxygens (including phenoxy) is 2. The van der Waals surface area contributed by atoms with Crippen molar-refractivity contribution < 1.29 is 9.47 Å². The van der Waals surface area contributed by atoms with Crippen molar-refractivity contribution in [2.24, 2.45) is 0 Å². The summed E-state index contributed by atoms with van der Waals surface area (Å²) < 4.78 is 11.0. The molecule has 0 spiro atoms. The van der Waals surface area contributed by atoms with Crippen molar-refractivity contribution in [3.8, 4) is 17.6 Å². The zero-order valence-electron chi connectivity index (χ0n) is 15.9. The summed E-state index contributed by atoms with van der Waals surface area (Å²) in [6.07, 6.45) is 1.17. The summed E-state index contributed by atoms with van der Waals surface area (Å²) in [5.41, 5.74) is 1.99. The first-order valence-corrected chi connectivity index (χ1v) is 9.47. The van der Waals surface area contributed by atoms with Gasteiger partial charge in [0.1, 0.15) is 18.1 Å². The van der Waals surface area contributed by atoms with Crippen LogP contribution in [0.5, 0.6) is 11.5 Å². The molecule has 0 aliphatic carbocycles. The van der Waals surface area contributed by atoms with Crippen molar-refractivity contribution in [3.05, 3.63) is 59.7 Å². The monoisotopic (exact) mass is 365 g/mol. The highest BCUT2D eigenvalue weighted by molar-refractivity contribution is 5.32. The normalized spacial score (nSPS) is 15.7. The highest BCUT2D eigenvalue weighted by Crippen LogP contribution is 2.17. The van der Waals surface area contributed by atoms with E-state index < -0.39 is 0 Å². The minimum Gasteiger partial charge on any atom is -0.497 e. The minimum atomic E-state index is 0.696. The SMILES string of the molecule is COc1ccc(OCCN2CCCN(Cc3ccc(C#N)cc3)CC2)cc1.